The number of amides is 1. The monoisotopic (exact) mass is 436 g/mol. The standard InChI is InChI=1S/C28H28N4O/c1-20-5-7-21(8-6-20)26-13-10-23(18-29-26)28(33)31-24-12-14-27-22(17-24)9-11-25(30-27)19-32-15-3-2-4-16-32/h5-14,17-18H,2-4,15-16,19H2,1H3,(H,31,33). The number of piperidine rings is 1. The number of hydrogen-bond acceptors (Lipinski definition) is 4. The zero-order valence-electron chi connectivity index (χ0n) is 18.9. The van der Waals surface area contributed by atoms with Gasteiger partial charge in [0.15, 0.2) is 0 Å². The molecule has 1 saturated heterocycles. The van der Waals surface area contributed by atoms with Crippen molar-refractivity contribution < 1.29 is 4.79 Å². The Morgan fingerprint density at radius 1 is 0.939 bits per heavy atom. The number of hydrogen-bond donors (Lipinski definition) is 1. The predicted molar refractivity (Wildman–Crippen MR) is 133 cm³/mol. The van der Waals surface area contributed by atoms with Crippen LogP contribution in [-0.2, 0) is 6.54 Å². The number of anilines is 1. The number of nitrogens with one attached hydrogen (secondary N) is 1. The van der Waals surface area contributed by atoms with Gasteiger partial charge in [-0.15, -0.1) is 0 Å². The summed E-state index contributed by atoms with van der Waals surface area (Å²) < 4.78 is 0. The first-order valence-electron chi connectivity index (χ1n) is 11.6. The molecule has 0 saturated carbocycles. The van der Waals surface area contributed by atoms with Gasteiger partial charge in [0.1, 0.15) is 0 Å². The number of carbonyl (C=O) groups is 1. The van der Waals surface area contributed by atoms with E-state index in [1.165, 1.54) is 24.8 Å². The van der Waals surface area contributed by atoms with Crippen LogP contribution in [0.2, 0.25) is 0 Å². The topological polar surface area (TPSA) is 58.1 Å². The fourth-order valence-electron chi connectivity index (χ4n) is 4.31. The van der Waals surface area contributed by atoms with E-state index in [1.807, 2.05) is 42.5 Å². The lowest BCUT2D eigenvalue weighted by molar-refractivity contribution is 0.102. The number of fused-ring (bicyclic) bond motifs is 1. The van der Waals surface area contributed by atoms with E-state index in [0.717, 1.165) is 53.2 Å². The lowest BCUT2D eigenvalue weighted by Crippen LogP contribution is -2.29. The molecule has 166 valence electrons. The van der Waals surface area contributed by atoms with Gasteiger partial charge in [-0.25, -0.2) is 0 Å². The van der Waals surface area contributed by atoms with Crippen LogP contribution in [0, 0.1) is 6.92 Å². The van der Waals surface area contributed by atoms with Crippen molar-refractivity contribution in [3.05, 3.63) is 89.7 Å². The minimum Gasteiger partial charge on any atom is -0.322 e. The molecular weight excluding hydrogens is 408 g/mol. The third-order valence-corrected chi connectivity index (χ3v) is 6.21. The van der Waals surface area contributed by atoms with E-state index in [-0.39, 0.29) is 5.91 Å². The molecule has 1 aliphatic heterocycles. The summed E-state index contributed by atoms with van der Waals surface area (Å²) in [6.45, 7) is 5.28. The van der Waals surface area contributed by atoms with E-state index in [0.29, 0.717) is 5.56 Å². The van der Waals surface area contributed by atoms with E-state index < -0.39 is 0 Å². The molecule has 2 aromatic heterocycles. The van der Waals surface area contributed by atoms with Crippen molar-refractivity contribution >= 4 is 22.5 Å². The molecule has 4 aromatic rings. The largest absolute Gasteiger partial charge is 0.322 e. The van der Waals surface area contributed by atoms with Crippen molar-refractivity contribution in [2.24, 2.45) is 0 Å². The van der Waals surface area contributed by atoms with Crippen molar-refractivity contribution in [3.8, 4) is 11.3 Å². The van der Waals surface area contributed by atoms with Gasteiger partial charge in [0.25, 0.3) is 5.91 Å². The molecule has 0 aliphatic carbocycles. The number of pyridine rings is 2. The number of carbonyl (C=O) groups excluding carboxylic acids is 1. The molecule has 0 spiro atoms. The molecule has 33 heavy (non-hydrogen) atoms. The van der Waals surface area contributed by atoms with Crippen molar-refractivity contribution in [3.63, 3.8) is 0 Å². The Morgan fingerprint density at radius 2 is 1.76 bits per heavy atom. The Labute approximate surface area is 194 Å². The van der Waals surface area contributed by atoms with Crippen LogP contribution in [-0.4, -0.2) is 33.9 Å². The van der Waals surface area contributed by atoms with E-state index >= 15 is 0 Å². The van der Waals surface area contributed by atoms with E-state index in [1.54, 1.807) is 6.20 Å². The number of aromatic nitrogens is 2. The van der Waals surface area contributed by atoms with Crippen molar-refractivity contribution in [2.45, 2.75) is 32.7 Å². The predicted octanol–water partition coefficient (Wildman–Crippen LogP) is 5.84. The summed E-state index contributed by atoms with van der Waals surface area (Å²) in [5.74, 6) is -0.174. The molecule has 1 amide bonds. The summed E-state index contributed by atoms with van der Waals surface area (Å²) in [5.41, 5.74) is 6.42. The highest BCUT2D eigenvalue weighted by Gasteiger charge is 2.12. The van der Waals surface area contributed by atoms with E-state index in [9.17, 15) is 4.79 Å². The molecular formula is C28H28N4O. The molecule has 1 aliphatic rings. The molecule has 5 nitrogen and oxygen atoms in total. The van der Waals surface area contributed by atoms with Crippen LogP contribution in [0.25, 0.3) is 22.2 Å². The van der Waals surface area contributed by atoms with Gasteiger partial charge in [-0.3, -0.25) is 19.7 Å². The molecule has 0 bridgehead atoms. The zero-order chi connectivity index (χ0) is 22.6. The maximum Gasteiger partial charge on any atom is 0.257 e. The quantitative estimate of drug-likeness (QED) is 0.427. The Morgan fingerprint density at radius 3 is 2.52 bits per heavy atom. The van der Waals surface area contributed by atoms with Gasteiger partial charge in [0.05, 0.1) is 22.5 Å². The molecule has 5 heteroatoms. The second-order valence-corrected chi connectivity index (χ2v) is 8.80. The fourth-order valence-corrected chi connectivity index (χ4v) is 4.31. The first-order valence-corrected chi connectivity index (χ1v) is 11.6. The molecule has 2 aromatic carbocycles. The Kier molecular flexibility index (Phi) is 6.13. The highest BCUT2D eigenvalue weighted by Crippen LogP contribution is 2.21. The van der Waals surface area contributed by atoms with Crippen LogP contribution < -0.4 is 5.32 Å². The third kappa shape index (κ3) is 5.10. The number of rotatable bonds is 5. The first-order chi connectivity index (χ1) is 16.1. The third-order valence-electron chi connectivity index (χ3n) is 6.21. The normalized spacial score (nSPS) is 14.3. The minimum absolute atomic E-state index is 0.174. The van der Waals surface area contributed by atoms with Crippen LogP contribution in [0.3, 0.4) is 0 Å². The van der Waals surface area contributed by atoms with Crippen LogP contribution in [0.4, 0.5) is 5.69 Å². The summed E-state index contributed by atoms with van der Waals surface area (Å²) in [4.78, 5) is 24.5. The fraction of sp³-hybridized carbons (Fsp3) is 0.250. The van der Waals surface area contributed by atoms with Gasteiger partial charge < -0.3 is 5.32 Å². The second-order valence-electron chi connectivity index (χ2n) is 8.80. The number of likely N-dealkylation sites (tertiary alicyclic amines) is 1. The summed E-state index contributed by atoms with van der Waals surface area (Å²) in [6.07, 6.45) is 5.52. The molecule has 0 radical (unpaired) electrons. The summed E-state index contributed by atoms with van der Waals surface area (Å²) in [6, 6.07) is 21.9. The number of nitrogens with zero attached hydrogens (tertiary/aromatic N) is 3. The first kappa shape index (κ1) is 21.3. The summed E-state index contributed by atoms with van der Waals surface area (Å²) >= 11 is 0. The molecule has 0 unspecified atom stereocenters. The minimum atomic E-state index is -0.174. The van der Waals surface area contributed by atoms with Gasteiger partial charge in [-0.1, -0.05) is 42.3 Å². The maximum absolute atomic E-state index is 12.7. The maximum atomic E-state index is 12.7. The SMILES string of the molecule is Cc1ccc(-c2ccc(C(=O)Nc3ccc4nc(CN5CCCCC5)ccc4c3)cn2)cc1. The lowest BCUT2D eigenvalue weighted by atomic mass is 10.1. The van der Waals surface area contributed by atoms with Gasteiger partial charge in [0.2, 0.25) is 0 Å². The molecule has 1 fully saturated rings. The molecule has 0 atom stereocenters. The summed E-state index contributed by atoms with van der Waals surface area (Å²) in [5, 5.41) is 4.00. The second kappa shape index (κ2) is 9.51. The average Bonchev–Trinajstić information content (AvgIpc) is 2.85. The summed E-state index contributed by atoms with van der Waals surface area (Å²) in [7, 11) is 0. The van der Waals surface area contributed by atoms with Gasteiger partial charge in [-0.2, -0.15) is 0 Å². The van der Waals surface area contributed by atoms with Crippen LogP contribution in [0.1, 0.15) is 40.9 Å². The van der Waals surface area contributed by atoms with Gasteiger partial charge in [0, 0.05) is 29.4 Å². The van der Waals surface area contributed by atoms with Gasteiger partial charge in [-0.05, 0) is 69.3 Å². The molecule has 1 N–H and O–H groups in total. The Bertz CT molecular complexity index is 1260. The highest BCUT2D eigenvalue weighted by molar-refractivity contribution is 6.05. The number of benzene rings is 2. The Balaban J connectivity index is 1.26. The van der Waals surface area contributed by atoms with Crippen molar-refractivity contribution in [1.29, 1.82) is 0 Å². The Hall–Kier alpha value is -3.57. The van der Waals surface area contributed by atoms with E-state index in [4.69, 9.17) is 4.98 Å². The highest BCUT2D eigenvalue weighted by atomic mass is 16.1. The van der Waals surface area contributed by atoms with Crippen molar-refractivity contribution in [2.75, 3.05) is 18.4 Å². The van der Waals surface area contributed by atoms with Crippen LogP contribution >= 0.6 is 0 Å². The molecule has 5 rings (SSSR count). The van der Waals surface area contributed by atoms with Crippen LogP contribution in [0.5, 0.6) is 0 Å². The average molecular weight is 437 g/mol. The van der Waals surface area contributed by atoms with Gasteiger partial charge >= 0.3 is 0 Å². The smallest absolute Gasteiger partial charge is 0.257 e. The lowest BCUT2D eigenvalue weighted by Gasteiger charge is -2.26. The zero-order valence-corrected chi connectivity index (χ0v) is 18.9. The van der Waals surface area contributed by atoms with Crippen LogP contribution in [0.15, 0.2) is 72.9 Å². The van der Waals surface area contributed by atoms with E-state index in [2.05, 4.69) is 46.4 Å². The van der Waals surface area contributed by atoms with Crippen molar-refractivity contribution in [1.82, 2.24) is 14.9 Å². The number of aryl methyl sites for hydroxylation is 1. The molecule has 3 heterocycles.